The summed E-state index contributed by atoms with van der Waals surface area (Å²) in [6, 6.07) is 6.83. The van der Waals surface area contributed by atoms with Crippen molar-refractivity contribution in [1.82, 2.24) is 24.5 Å². The Morgan fingerprint density at radius 1 is 1.30 bits per heavy atom. The second-order valence-electron chi connectivity index (χ2n) is 6.46. The molecule has 0 saturated heterocycles. The Morgan fingerprint density at radius 2 is 2.07 bits per heavy atom. The molecule has 2 heterocycles. The van der Waals surface area contributed by atoms with Gasteiger partial charge in [0.2, 0.25) is 0 Å². The highest BCUT2D eigenvalue weighted by Crippen LogP contribution is 2.28. The van der Waals surface area contributed by atoms with Crippen molar-refractivity contribution >= 4 is 45.0 Å². The fraction of sp³-hybridized carbons (Fsp3) is 0.263. The number of anilines is 1. The van der Waals surface area contributed by atoms with Crippen molar-refractivity contribution in [2.45, 2.75) is 20.2 Å². The first-order chi connectivity index (χ1) is 14.3. The van der Waals surface area contributed by atoms with Crippen molar-refractivity contribution in [3.8, 4) is 5.75 Å². The van der Waals surface area contributed by atoms with Crippen molar-refractivity contribution in [3.63, 3.8) is 0 Å². The van der Waals surface area contributed by atoms with Crippen molar-refractivity contribution in [2.75, 3.05) is 19.4 Å². The van der Waals surface area contributed by atoms with Crippen LogP contribution in [-0.4, -0.2) is 50.4 Å². The number of rotatable bonds is 7. The molecule has 9 nitrogen and oxygen atoms in total. The number of halogens is 2. The van der Waals surface area contributed by atoms with Gasteiger partial charge >= 0.3 is 0 Å². The lowest BCUT2D eigenvalue weighted by Gasteiger charge is -2.13. The molecule has 0 fully saturated rings. The number of nitrogens with zero attached hydrogens (tertiary/aromatic N) is 5. The van der Waals surface area contributed by atoms with E-state index in [-0.39, 0.29) is 18.3 Å². The molecule has 0 aliphatic carbocycles. The van der Waals surface area contributed by atoms with E-state index in [1.165, 1.54) is 20.5 Å². The molecule has 0 aliphatic heterocycles. The largest absolute Gasteiger partial charge is 0.470 e. The predicted molar refractivity (Wildman–Crippen MR) is 116 cm³/mol. The van der Waals surface area contributed by atoms with Crippen LogP contribution in [0.15, 0.2) is 41.1 Å². The van der Waals surface area contributed by atoms with Gasteiger partial charge in [-0.2, -0.15) is 10.2 Å². The van der Waals surface area contributed by atoms with Gasteiger partial charge in [0.15, 0.2) is 12.4 Å². The van der Waals surface area contributed by atoms with Crippen LogP contribution in [0.2, 0.25) is 5.02 Å². The molecule has 3 aromatic rings. The molecule has 2 amide bonds. The molecule has 0 aliphatic rings. The van der Waals surface area contributed by atoms with E-state index >= 15 is 0 Å². The van der Waals surface area contributed by atoms with E-state index in [4.69, 9.17) is 16.3 Å². The molecular formula is C19H20BrClN6O3. The van der Waals surface area contributed by atoms with Crippen LogP contribution < -0.4 is 10.1 Å². The van der Waals surface area contributed by atoms with Gasteiger partial charge in [-0.15, -0.1) is 0 Å². The Balaban J connectivity index is 1.70. The summed E-state index contributed by atoms with van der Waals surface area (Å²) >= 11 is 9.47. The van der Waals surface area contributed by atoms with Crippen LogP contribution >= 0.6 is 27.5 Å². The summed E-state index contributed by atoms with van der Waals surface area (Å²) in [5.74, 6) is -0.214. The summed E-state index contributed by atoms with van der Waals surface area (Å²) in [7, 11) is 3.28. The maximum absolute atomic E-state index is 12.6. The molecule has 30 heavy (non-hydrogen) atoms. The maximum atomic E-state index is 12.6. The Hall–Kier alpha value is -2.85. The van der Waals surface area contributed by atoms with Crippen molar-refractivity contribution < 1.29 is 14.3 Å². The van der Waals surface area contributed by atoms with Gasteiger partial charge in [0.05, 0.1) is 16.9 Å². The molecule has 0 bridgehead atoms. The Kier molecular flexibility index (Phi) is 6.78. The highest BCUT2D eigenvalue weighted by molar-refractivity contribution is 9.10. The fourth-order valence-electron chi connectivity index (χ4n) is 2.62. The van der Waals surface area contributed by atoms with Crippen LogP contribution in [0.3, 0.4) is 0 Å². The van der Waals surface area contributed by atoms with Gasteiger partial charge in [0, 0.05) is 31.3 Å². The number of nitrogens with one attached hydrogen (secondary N) is 1. The van der Waals surface area contributed by atoms with Crippen LogP contribution in [0.4, 0.5) is 5.69 Å². The molecule has 0 saturated carbocycles. The zero-order chi connectivity index (χ0) is 21.8. The lowest BCUT2D eigenvalue weighted by Crippen LogP contribution is -2.26. The van der Waals surface area contributed by atoms with Gasteiger partial charge in [0.25, 0.3) is 11.8 Å². The summed E-state index contributed by atoms with van der Waals surface area (Å²) < 4.78 is 9.48. The topological polar surface area (TPSA) is 94.3 Å². The third kappa shape index (κ3) is 4.82. The van der Waals surface area contributed by atoms with E-state index in [0.717, 1.165) is 4.47 Å². The number of hydrogen-bond donors (Lipinski definition) is 1. The minimum Gasteiger partial charge on any atom is -0.470 e. The number of hydrogen-bond acceptors (Lipinski definition) is 5. The van der Waals surface area contributed by atoms with Gasteiger partial charge in [-0.05, 0) is 31.2 Å². The highest BCUT2D eigenvalue weighted by atomic mass is 79.9. The van der Waals surface area contributed by atoms with E-state index in [1.807, 2.05) is 13.0 Å². The molecule has 0 spiro atoms. The third-order valence-electron chi connectivity index (χ3n) is 4.12. The minimum absolute atomic E-state index is 0.0762. The van der Waals surface area contributed by atoms with Gasteiger partial charge in [-0.3, -0.25) is 14.3 Å². The molecule has 158 valence electrons. The van der Waals surface area contributed by atoms with E-state index < -0.39 is 5.91 Å². The second-order valence-corrected chi connectivity index (χ2v) is 7.79. The summed E-state index contributed by atoms with van der Waals surface area (Å²) in [5.41, 5.74) is 0.810. The SMILES string of the molecule is CCn1ncc(NC(=O)c2ccn(COc3ccc(Br)cc3Cl)n2)c1C(=O)N(C)C. The molecule has 1 N–H and O–H groups in total. The number of amides is 2. The summed E-state index contributed by atoms with van der Waals surface area (Å²) in [6.45, 7) is 2.44. The number of carbonyl (C=O) groups excluding carboxylic acids is 2. The van der Waals surface area contributed by atoms with Crippen molar-refractivity contribution in [2.24, 2.45) is 0 Å². The maximum Gasteiger partial charge on any atom is 0.276 e. The Labute approximate surface area is 186 Å². The number of aromatic nitrogens is 4. The minimum atomic E-state index is -0.459. The zero-order valence-corrected chi connectivity index (χ0v) is 18.9. The third-order valence-corrected chi connectivity index (χ3v) is 4.90. The first-order valence-electron chi connectivity index (χ1n) is 9.00. The standard InChI is InChI=1S/C19H20BrClN6O3/c1-4-27-17(19(29)25(2)3)15(10-22-27)23-18(28)14-7-8-26(24-14)11-30-16-6-5-12(20)9-13(16)21/h5-10H,4,11H2,1-3H3,(H,23,28). The monoisotopic (exact) mass is 494 g/mol. The van der Waals surface area contributed by atoms with Crippen molar-refractivity contribution in [1.29, 1.82) is 0 Å². The van der Waals surface area contributed by atoms with E-state index in [0.29, 0.717) is 28.7 Å². The zero-order valence-electron chi connectivity index (χ0n) is 16.6. The molecule has 3 rings (SSSR count). The molecule has 0 radical (unpaired) electrons. The predicted octanol–water partition coefficient (Wildman–Crippen LogP) is 3.51. The second kappa shape index (κ2) is 9.31. The van der Waals surface area contributed by atoms with Crippen LogP contribution in [-0.2, 0) is 13.3 Å². The molecule has 1 aromatic carbocycles. The van der Waals surface area contributed by atoms with E-state index in [2.05, 4.69) is 31.4 Å². The smallest absolute Gasteiger partial charge is 0.276 e. The summed E-state index contributed by atoms with van der Waals surface area (Å²) in [6.07, 6.45) is 3.07. The number of carbonyl (C=O) groups is 2. The molecule has 0 unspecified atom stereocenters. The van der Waals surface area contributed by atoms with E-state index in [9.17, 15) is 9.59 Å². The highest BCUT2D eigenvalue weighted by Gasteiger charge is 2.22. The average Bonchev–Trinajstić information content (AvgIpc) is 3.33. The van der Waals surface area contributed by atoms with Gasteiger partial charge < -0.3 is 15.0 Å². The van der Waals surface area contributed by atoms with Gasteiger partial charge in [0.1, 0.15) is 11.4 Å². The van der Waals surface area contributed by atoms with Crippen LogP contribution in [0.5, 0.6) is 5.75 Å². The van der Waals surface area contributed by atoms with Gasteiger partial charge in [-0.25, -0.2) is 4.68 Å². The normalized spacial score (nSPS) is 10.7. The number of benzene rings is 1. The molecule has 2 aromatic heterocycles. The van der Waals surface area contributed by atoms with E-state index in [1.54, 1.807) is 38.5 Å². The first-order valence-corrected chi connectivity index (χ1v) is 10.2. The quantitative estimate of drug-likeness (QED) is 0.541. The Bertz CT molecular complexity index is 1080. The lowest BCUT2D eigenvalue weighted by atomic mass is 10.3. The first kappa shape index (κ1) is 21.8. The Morgan fingerprint density at radius 3 is 2.73 bits per heavy atom. The average molecular weight is 496 g/mol. The molecule has 0 atom stereocenters. The summed E-state index contributed by atoms with van der Waals surface area (Å²) in [5, 5.41) is 11.5. The number of aryl methyl sites for hydroxylation is 1. The fourth-order valence-corrected chi connectivity index (χ4v) is 3.35. The van der Waals surface area contributed by atoms with Crippen molar-refractivity contribution in [3.05, 3.63) is 57.5 Å². The van der Waals surface area contributed by atoms with Crippen LogP contribution in [0.25, 0.3) is 0 Å². The number of ether oxygens (including phenoxy) is 1. The molecule has 11 heteroatoms. The van der Waals surface area contributed by atoms with Crippen LogP contribution in [0.1, 0.15) is 27.9 Å². The van der Waals surface area contributed by atoms with Crippen LogP contribution in [0, 0.1) is 0 Å². The lowest BCUT2D eigenvalue weighted by molar-refractivity contribution is 0.0816. The van der Waals surface area contributed by atoms with Gasteiger partial charge in [-0.1, -0.05) is 27.5 Å². The summed E-state index contributed by atoms with van der Waals surface area (Å²) in [4.78, 5) is 26.5. The molecular weight excluding hydrogens is 476 g/mol.